The molecule has 0 saturated heterocycles. The summed E-state index contributed by atoms with van der Waals surface area (Å²) in [4.78, 5) is 30.6. The van der Waals surface area contributed by atoms with Crippen LogP contribution in [0.5, 0.6) is 0 Å². The average Bonchev–Trinajstić information content (AvgIpc) is 3.08. The van der Waals surface area contributed by atoms with E-state index in [4.69, 9.17) is 0 Å². The number of nitrogens with zero attached hydrogens (tertiary/aromatic N) is 2. The molecule has 47 heavy (non-hydrogen) atoms. The summed E-state index contributed by atoms with van der Waals surface area (Å²) in [7, 11) is -4.13. The summed E-state index contributed by atoms with van der Waals surface area (Å²) in [6.07, 6.45) is 5.39. The van der Waals surface area contributed by atoms with Crippen LogP contribution < -0.4 is 9.62 Å². The first-order chi connectivity index (χ1) is 22.6. The smallest absolute Gasteiger partial charge is 0.264 e. The van der Waals surface area contributed by atoms with E-state index in [1.54, 1.807) is 35.2 Å². The Labute approximate surface area is 279 Å². The fourth-order valence-electron chi connectivity index (χ4n) is 6.12. The maximum Gasteiger partial charge on any atom is 0.264 e. The van der Waals surface area contributed by atoms with Crippen molar-refractivity contribution in [3.05, 3.63) is 131 Å². The first kappa shape index (κ1) is 33.9. The number of carbonyl (C=O) groups is 2. The summed E-state index contributed by atoms with van der Waals surface area (Å²) in [6, 6.07) is 30.3. The minimum absolute atomic E-state index is 0.0522. The fraction of sp³-hybridized carbons (Fsp3) is 0.333. The first-order valence-electron chi connectivity index (χ1n) is 16.5. The van der Waals surface area contributed by atoms with Gasteiger partial charge in [-0.05, 0) is 80.1 Å². The quantitative estimate of drug-likeness (QED) is 0.181. The fourth-order valence-corrected chi connectivity index (χ4v) is 7.54. The molecule has 4 aromatic rings. The third kappa shape index (κ3) is 8.69. The predicted octanol–water partition coefficient (Wildman–Crippen LogP) is 6.90. The minimum Gasteiger partial charge on any atom is -0.352 e. The number of nitrogens with one attached hydrogen (secondary N) is 1. The van der Waals surface area contributed by atoms with Gasteiger partial charge in [0.05, 0.1) is 10.6 Å². The van der Waals surface area contributed by atoms with E-state index in [0.29, 0.717) is 12.1 Å². The number of aryl methyl sites for hydroxylation is 3. The molecular weight excluding hydrogens is 607 g/mol. The van der Waals surface area contributed by atoms with Crippen LogP contribution in [0, 0.1) is 20.8 Å². The Morgan fingerprint density at radius 3 is 2.04 bits per heavy atom. The molecule has 0 radical (unpaired) electrons. The molecule has 1 aliphatic carbocycles. The van der Waals surface area contributed by atoms with E-state index in [1.165, 1.54) is 16.4 Å². The van der Waals surface area contributed by atoms with Crippen LogP contribution in [0.4, 0.5) is 5.69 Å². The van der Waals surface area contributed by atoms with Crippen LogP contribution in [0.15, 0.2) is 108 Å². The summed E-state index contributed by atoms with van der Waals surface area (Å²) in [5, 5.41) is 3.26. The lowest BCUT2D eigenvalue weighted by molar-refractivity contribution is -0.140. The summed E-state index contributed by atoms with van der Waals surface area (Å²) >= 11 is 0. The SMILES string of the molecule is Cc1ccc(CN(C(=O)CN(c2ccc(C)c(C)c2)S(=O)(=O)c2ccccc2)[C@@H](Cc2ccccc2)C(=O)NC2CCCCC2)cc1. The molecule has 0 spiro atoms. The zero-order valence-corrected chi connectivity index (χ0v) is 28.4. The molecular formula is C39H45N3O4S. The summed E-state index contributed by atoms with van der Waals surface area (Å²) in [5.41, 5.74) is 5.18. The molecule has 1 atom stereocenters. The van der Waals surface area contributed by atoms with Gasteiger partial charge in [0, 0.05) is 19.0 Å². The van der Waals surface area contributed by atoms with Gasteiger partial charge in [0.15, 0.2) is 0 Å². The van der Waals surface area contributed by atoms with E-state index < -0.39 is 28.5 Å². The van der Waals surface area contributed by atoms with Crippen LogP contribution in [0.1, 0.15) is 59.9 Å². The highest BCUT2D eigenvalue weighted by Crippen LogP contribution is 2.27. The van der Waals surface area contributed by atoms with Crippen molar-refractivity contribution in [2.24, 2.45) is 0 Å². The van der Waals surface area contributed by atoms with Crippen molar-refractivity contribution in [1.82, 2.24) is 10.2 Å². The molecule has 1 saturated carbocycles. The van der Waals surface area contributed by atoms with E-state index in [1.807, 2.05) is 81.4 Å². The number of hydrogen-bond acceptors (Lipinski definition) is 4. The van der Waals surface area contributed by atoms with Crippen molar-refractivity contribution in [2.45, 2.75) is 82.8 Å². The normalized spacial score (nSPS) is 14.3. The van der Waals surface area contributed by atoms with Crippen molar-refractivity contribution >= 4 is 27.5 Å². The standard InChI is InChI=1S/C39H45N3O4S/c1-29-19-22-33(23-20-29)27-41(37(26-32-13-7-4-8-14-32)39(44)40-34-15-9-5-10-16-34)38(43)28-42(35-24-21-30(2)31(3)25-35)47(45,46)36-17-11-6-12-18-36/h4,6-8,11-14,17-25,34,37H,5,9-10,15-16,26-28H2,1-3H3,(H,40,44)/t37-/m0/s1. The van der Waals surface area contributed by atoms with Gasteiger partial charge in [0.1, 0.15) is 12.6 Å². The van der Waals surface area contributed by atoms with Gasteiger partial charge >= 0.3 is 0 Å². The molecule has 0 aromatic heterocycles. The van der Waals surface area contributed by atoms with Crippen LogP contribution in [0.3, 0.4) is 0 Å². The Hall–Kier alpha value is -4.43. The molecule has 4 aromatic carbocycles. The predicted molar refractivity (Wildman–Crippen MR) is 188 cm³/mol. The average molecular weight is 652 g/mol. The molecule has 1 fully saturated rings. The van der Waals surface area contributed by atoms with Crippen molar-refractivity contribution in [3.8, 4) is 0 Å². The third-order valence-electron chi connectivity index (χ3n) is 9.08. The second-order valence-corrected chi connectivity index (χ2v) is 14.5. The van der Waals surface area contributed by atoms with E-state index in [2.05, 4.69) is 5.32 Å². The monoisotopic (exact) mass is 651 g/mol. The third-order valence-corrected chi connectivity index (χ3v) is 10.9. The summed E-state index contributed by atoms with van der Waals surface area (Å²) in [6.45, 7) is 5.57. The molecule has 1 N–H and O–H groups in total. The molecule has 7 nitrogen and oxygen atoms in total. The van der Waals surface area contributed by atoms with Gasteiger partial charge in [-0.15, -0.1) is 0 Å². The number of rotatable bonds is 12. The van der Waals surface area contributed by atoms with Gasteiger partial charge in [-0.2, -0.15) is 0 Å². The van der Waals surface area contributed by atoms with Crippen LogP contribution in [-0.2, 0) is 32.6 Å². The number of hydrogen-bond donors (Lipinski definition) is 1. The zero-order valence-electron chi connectivity index (χ0n) is 27.6. The number of carbonyl (C=O) groups excluding carboxylic acids is 2. The Bertz CT molecular complexity index is 1750. The molecule has 8 heteroatoms. The molecule has 0 unspecified atom stereocenters. The number of amides is 2. The number of sulfonamides is 1. The van der Waals surface area contributed by atoms with Crippen LogP contribution in [0.25, 0.3) is 0 Å². The lowest BCUT2D eigenvalue weighted by Gasteiger charge is -2.35. The highest BCUT2D eigenvalue weighted by molar-refractivity contribution is 7.92. The van der Waals surface area contributed by atoms with Crippen molar-refractivity contribution < 1.29 is 18.0 Å². The Morgan fingerprint density at radius 2 is 1.40 bits per heavy atom. The van der Waals surface area contributed by atoms with Crippen LogP contribution >= 0.6 is 0 Å². The van der Waals surface area contributed by atoms with Gasteiger partial charge in [-0.1, -0.05) is 104 Å². The largest absolute Gasteiger partial charge is 0.352 e. The second kappa shape index (κ2) is 15.4. The van der Waals surface area contributed by atoms with Gasteiger partial charge in [0.25, 0.3) is 10.0 Å². The second-order valence-electron chi connectivity index (χ2n) is 12.6. The topological polar surface area (TPSA) is 86.8 Å². The van der Waals surface area contributed by atoms with Gasteiger partial charge in [0.2, 0.25) is 11.8 Å². The highest BCUT2D eigenvalue weighted by atomic mass is 32.2. The first-order valence-corrected chi connectivity index (χ1v) is 17.9. The van der Waals surface area contributed by atoms with Crippen LogP contribution in [-0.4, -0.2) is 43.8 Å². The molecule has 2 amide bonds. The Balaban J connectivity index is 1.56. The molecule has 0 aliphatic heterocycles. The Kier molecular flexibility index (Phi) is 11.1. The lowest BCUT2D eigenvalue weighted by Crippen LogP contribution is -2.55. The molecule has 246 valence electrons. The van der Waals surface area contributed by atoms with Crippen molar-refractivity contribution in [1.29, 1.82) is 0 Å². The molecule has 0 heterocycles. The van der Waals surface area contributed by atoms with Gasteiger partial charge in [-0.3, -0.25) is 13.9 Å². The van der Waals surface area contributed by atoms with E-state index in [9.17, 15) is 18.0 Å². The highest BCUT2D eigenvalue weighted by Gasteiger charge is 2.35. The number of benzene rings is 4. The zero-order chi connectivity index (χ0) is 33.4. The maximum absolute atomic E-state index is 14.7. The van der Waals surface area contributed by atoms with Gasteiger partial charge in [-0.25, -0.2) is 8.42 Å². The number of anilines is 1. The summed E-state index contributed by atoms with van der Waals surface area (Å²) < 4.78 is 29.6. The molecule has 5 rings (SSSR count). The maximum atomic E-state index is 14.7. The molecule has 1 aliphatic rings. The van der Waals surface area contributed by atoms with E-state index >= 15 is 0 Å². The van der Waals surface area contributed by atoms with Crippen molar-refractivity contribution in [3.63, 3.8) is 0 Å². The van der Waals surface area contributed by atoms with E-state index in [-0.39, 0.29) is 23.4 Å². The summed E-state index contributed by atoms with van der Waals surface area (Å²) in [5.74, 6) is -0.673. The lowest BCUT2D eigenvalue weighted by atomic mass is 9.94. The van der Waals surface area contributed by atoms with Crippen molar-refractivity contribution in [2.75, 3.05) is 10.8 Å². The molecule has 0 bridgehead atoms. The van der Waals surface area contributed by atoms with Gasteiger partial charge < -0.3 is 10.2 Å². The van der Waals surface area contributed by atoms with E-state index in [0.717, 1.165) is 59.9 Å². The Morgan fingerprint density at radius 1 is 0.766 bits per heavy atom. The minimum atomic E-state index is -4.13. The van der Waals surface area contributed by atoms with Crippen LogP contribution in [0.2, 0.25) is 0 Å².